The summed E-state index contributed by atoms with van der Waals surface area (Å²) >= 11 is 0. The fraction of sp³-hybridized carbons (Fsp3) is 0.765. The van der Waals surface area contributed by atoms with Gasteiger partial charge in [-0.2, -0.15) is 0 Å². The van der Waals surface area contributed by atoms with Crippen molar-refractivity contribution in [3.05, 3.63) is 11.6 Å². The monoisotopic (exact) mass is 347 g/mol. The van der Waals surface area contributed by atoms with Crippen LogP contribution in [0.3, 0.4) is 0 Å². The Balaban J connectivity index is 1.49. The van der Waals surface area contributed by atoms with E-state index < -0.39 is 5.60 Å². The Labute approximate surface area is 147 Å². The lowest BCUT2D eigenvalue weighted by Gasteiger charge is -2.25. The Morgan fingerprint density at radius 1 is 1.08 bits per heavy atom. The van der Waals surface area contributed by atoms with Gasteiger partial charge in [-0.15, -0.1) is 10.2 Å². The van der Waals surface area contributed by atoms with Gasteiger partial charge >= 0.3 is 6.09 Å². The lowest BCUT2D eigenvalue weighted by molar-refractivity contribution is 0.0437. The molecule has 0 aromatic carbocycles. The smallest absolute Gasteiger partial charge is 0.410 e. The van der Waals surface area contributed by atoms with E-state index in [1.54, 1.807) is 11.9 Å². The van der Waals surface area contributed by atoms with E-state index in [0.717, 1.165) is 44.5 Å². The molecule has 4 rings (SSSR count). The molecule has 0 unspecified atom stereocenters. The first kappa shape index (κ1) is 16.4. The Hall–Kier alpha value is -2.12. The second-order valence-corrected chi connectivity index (χ2v) is 7.45. The van der Waals surface area contributed by atoms with Gasteiger partial charge < -0.3 is 19.1 Å². The molecule has 1 aromatic heterocycles. The summed E-state index contributed by atoms with van der Waals surface area (Å²) in [6.45, 7) is 2.68. The molecular weight excluding hydrogens is 322 g/mol. The molecule has 8 heteroatoms. The average molecular weight is 347 g/mol. The van der Waals surface area contributed by atoms with Crippen molar-refractivity contribution in [1.82, 2.24) is 24.6 Å². The quantitative estimate of drug-likeness (QED) is 0.768. The van der Waals surface area contributed by atoms with Crippen LogP contribution < -0.4 is 0 Å². The van der Waals surface area contributed by atoms with Gasteiger partial charge in [-0.25, -0.2) is 4.79 Å². The number of likely N-dealkylation sites (N-methyl/N-ethyl adjacent to an activating group) is 1. The number of carbonyl (C=O) groups is 2. The lowest BCUT2D eigenvalue weighted by atomic mass is 9.95. The lowest BCUT2D eigenvalue weighted by Crippen LogP contribution is -2.37. The van der Waals surface area contributed by atoms with Gasteiger partial charge in [-0.3, -0.25) is 4.79 Å². The van der Waals surface area contributed by atoms with Gasteiger partial charge in [0.1, 0.15) is 11.4 Å². The Morgan fingerprint density at radius 2 is 1.96 bits per heavy atom. The zero-order valence-electron chi connectivity index (χ0n) is 14.7. The minimum atomic E-state index is -0.442. The van der Waals surface area contributed by atoms with Crippen molar-refractivity contribution in [2.75, 3.05) is 26.7 Å². The molecule has 136 valence electrons. The van der Waals surface area contributed by atoms with Crippen molar-refractivity contribution < 1.29 is 14.3 Å². The Kier molecular flexibility index (Phi) is 4.13. The van der Waals surface area contributed by atoms with Gasteiger partial charge in [-0.05, 0) is 25.7 Å². The summed E-state index contributed by atoms with van der Waals surface area (Å²) in [4.78, 5) is 28.2. The molecular formula is C17H25N5O3. The maximum absolute atomic E-state index is 13.0. The number of aromatic nitrogens is 3. The molecule has 3 aliphatic rings. The molecule has 0 radical (unpaired) electrons. The van der Waals surface area contributed by atoms with E-state index in [1.807, 2.05) is 9.47 Å². The van der Waals surface area contributed by atoms with E-state index in [9.17, 15) is 9.59 Å². The molecule has 2 saturated heterocycles. The molecule has 1 spiro atoms. The van der Waals surface area contributed by atoms with Gasteiger partial charge in [-0.1, -0.05) is 6.42 Å². The van der Waals surface area contributed by atoms with E-state index in [2.05, 4.69) is 10.2 Å². The molecule has 4 heterocycles. The second kappa shape index (κ2) is 6.31. The molecule has 2 amide bonds. The SMILES string of the molecule is CN1C[C@@]2(CCCN(C(=O)c3nnc4n3CCCCC4)CC2)OC1=O. The van der Waals surface area contributed by atoms with Crippen LogP contribution in [0, 0.1) is 0 Å². The summed E-state index contributed by atoms with van der Waals surface area (Å²) in [5.41, 5.74) is -0.442. The number of ether oxygens (including phenoxy) is 1. The first-order chi connectivity index (χ1) is 12.1. The molecule has 1 atom stereocenters. The van der Waals surface area contributed by atoms with E-state index in [4.69, 9.17) is 4.74 Å². The fourth-order valence-electron chi connectivity index (χ4n) is 4.21. The van der Waals surface area contributed by atoms with Gasteiger partial charge in [0.15, 0.2) is 0 Å². The highest BCUT2D eigenvalue weighted by molar-refractivity contribution is 5.90. The molecule has 0 bridgehead atoms. The highest BCUT2D eigenvalue weighted by atomic mass is 16.6. The van der Waals surface area contributed by atoms with Gasteiger partial charge in [0.25, 0.3) is 5.91 Å². The fourth-order valence-corrected chi connectivity index (χ4v) is 4.21. The van der Waals surface area contributed by atoms with Crippen molar-refractivity contribution >= 4 is 12.0 Å². The number of amides is 2. The van der Waals surface area contributed by atoms with Gasteiger partial charge in [0.05, 0.1) is 6.54 Å². The topological polar surface area (TPSA) is 80.6 Å². The van der Waals surface area contributed by atoms with Crippen molar-refractivity contribution in [2.24, 2.45) is 0 Å². The number of rotatable bonds is 1. The minimum Gasteiger partial charge on any atom is -0.441 e. The number of likely N-dealkylation sites (tertiary alicyclic amines) is 1. The predicted octanol–water partition coefficient (Wildman–Crippen LogP) is 1.45. The van der Waals surface area contributed by atoms with Crippen molar-refractivity contribution in [1.29, 1.82) is 0 Å². The third-order valence-corrected chi connectivity index (χ3v) is 5.63. The Morgan fingerprint density at radius 3 is 2.76 bits per heavy atom. The van der Waals surface area contributed by atoms with Crippen molar-refractivity contribution in [2.45, 2.75) is 57.1 Å². The zero-order chi connectivity index (χ0) is 17.4. The molecule has 2 fully saturated rings. The summed E-state index contributed by atoms with van der Waals surface area (Å²) in [7, 11) is 1.76. The second-order valence-electron chi connectivity index (χ2n) is 7.45. The standard InChI is InChI=1S/C17H25N5O3/c1-20-12-17(25-16(20)24)7-5-9-21(11-8-17)15(23)14-19-18-13-6-3-2-4-10-22(13)14/h2-12H2,1H3/t17-/m0/s1. The number of nitrogens with zero attached hydrogens (tertiary/aromatic N) is 5. The molecule has 1 aromatic rings. The van der Waals surface area contributed by atoms with Crippen LogP contribution in [-0.4, -0.2) is 68.8 Å². The molecule has 0 aliphatic carbocycles. The van der Waals surface area contributed by atoms with Crippen LogP contribution in [0.2, 0.25) is 0 Å². The van der Waals surface area contributed by atoms with Crippen LogP contribution in [0.5, 0.6) is 0 Å². The number of aryl methyl sites for hydroxylation is 1. The first-order valence-corrected chi connectivity index (χ1v) is 9.23. The van der Waals surface area contributed by atoms with Crippen LogP contribution in [0.25, 0.3) is 0 Å². The summed E-state index contributed by atoms with van der Waals surface area (Å²) in [6.07, 6.45) is 6.28. The maximum Gasteiger partial charge on any atom is 0.410 e. The van der Waals surface area contributed by atoms with E-state index in [0.29, 0.717) is 31.9 Å². The highest BCUT2D eigenvalue weighted by Crippen LogP contribution is 2.32. The first-order valence-electron chi connectivity index (χ1n) is 9.23. The predicted molar refractivity (Wildman–Crippen MR) is 89.2 cm³/mol. The molecule has 3 aliphatic heterocycles. The molecule has 0 saturated carbocycles. The third-order valence-electron chi connectivity index (χ3n) is 5.63. The molecule has 0 N–H and O–H groups in total. The van der Waals surface area contributed by atoms with Crippen molar-refractivity contribution in [3.8, 4) is 0 Å². The highest BCUT2D eigenvalue weighted by Gasteiger charge is 2.45. The summed E-state index contributed by atoms with van der Waals surface area (Å²) < 4.78 is 7.62. The van der Waals surface area contributed by atoms with Crippen LogP contribution in [0.15, 0.2) is 0 Å². The largest absolute Gasteiger partial charge is 0.441 e. The average Bonchev–Trinajstić information content (AvgIpc) is 2.91. The van der Waals surface area contributed by atoms with Crippen LogP contribution in [0.4, 0.5) is 4.79 Å². The molecule has 25 heavy (non-hydrogen) atoms. The van der Waals surface area contributed by atoms with E-state index >= 15 is 0 Å². The normalized spacial score (nSPS) is 27.0. The van der Waals surface area contributed by atoms with Crippen molar-refractivity contribution in [3.63, 3.8) is 0 Å². The van der Waals surface area contributed by atoms with Crippen LogP contribution >= 0.6 is 0 Å². The summed E-state index contributed by atoms with van der Waals surface area (Å²) in [5, 5.41) is 8.42. The van der Waals surface area contributed by atoms with Crippen LogP contribution in [0.1, 0.15) is 55.0 Å². The number of fused-ring (bicyclic) bond motifs is 1. The number of carbonyl (C=O) groups excluding carboxylic acids is 2. The minimum absolute atomic E-state index is 0.0459. The number of hydrogen-bond donors (Lipinski definition) is 0. The Bertz CT molecular complexity index is 688. The van der Waals surface area contributed by atoms with Crippen LogP contribution in [-0.2, 0) is 17.7 Å². The summed E-state index contributed by atoms with van der Waals surface area (Å²) in [5.74, 6) is 1.35. The summed E-state index contributed by atoms with van der Waals surface area (Å²) in [6, 6.07) is 0. The number of hydrogen-bond acceptors (Lipinski definition) is 5. The van der Waals surface area contributed by atoms with Gasteiger partial charge in [0, 0.05) is 39.5 Å². The van der Waals surface area contributed by atoms with E-state index in [1.165, 1.54) is 6.42 Å². The maximum atomic E-state index is 13.0. The van der Waals surface area contributed by atoms with Gasteiger partial charge in [0.2, 0.25) is 5.82 Å². The third kappa shape index (κ3) is 2.98. The molecule has 8 nitrogen and oxygen atoms in total. The zero-order valence-corrected chi connectivity index (χ0v) is 14.7. The van der Waals surface area contributed by atoms with E-state index in [-0.39, 0.29) is 12.0 Å².